The summed E-state index contributed by atoms with van der Waals surface area (Å²) in [6.07, 6.45) is 2.14. The van der Waals surface area contributed by atoms with Crippen LogP contribution in [0.4, 0.5) is 0 Å². The van der Waals surface area contributed by atoms with Crippen molar-refractivity contribution in [3.8, 4) is 39.8 Å². The van der Waals surface area contributed by atoms with E-state index < -0.39 is 0 Å². The van der Waals surface area contributed by atoms with E-state index in [1.165, 1.54) is 6.26 Å². The van der Waals surface area contributed by atoms with E-state index in [4.69, 9.17) is 14.0 Å². The van der Waals surface area contributed by atoms with Crippen LogP contribution in [-0.4, -0.2) is 45.9 Å². The number of aromatic nitrogens is 4. The highest BCUT2D eigenvalue weighted by atomic mass is 16.5. The SMILES string of the molecule is COCCc1n[nH]c2c(O)n(-c3ccc(-c4ccon4)cc3)c(-c3ccccc3OC)c12. The average Bonchev–Trinajstić information content (AvgIpc) is 3.56. The van der Waals surface area contributed by atoms with Crippen LogP contribution in [0.5, 0.6) is 11.6 Å². The number of nitrogens with one attached hydrogen (secondary N) is 1. The Balaban J connectivity index is 1.75. The molecule has 0 aliphatic heterocycles. The van der Waals surface area contributed by atoms with Crippen molar-refractivity contribution in [3.05, 3.63) is 66.6 Å². The number of methoxy groups -OCH3 is 2. The zero-order valence-electron chi connectivity index (χ0n) is 17.7. The standard InChI is InChI=1S/C24H22N4O4/c1-30-13-11-19-21-22(26-25-19)24(29)28(23(21)17-5-3-4-6-20(17)31-2)16-9-7-15(8-10-16)18-12-14-32-27-18/h3-10,12,14,26,29H,11,13H2,1-2H3. The van der Waals surface area contributed by atoms with Gasteiger partial charge in [0.1, 0.15) is 23.2 Å². The van der Waals surface area contributed by atoms with Crippen molar-refractivity contribution in [2.45, 2.75) is 6.42 Å². The highest BCUT2D eigenvalue weighted by molar-refractivity contribution is 6.02. The first kappa shape index (κ1) is 19.9. The summed E-state index contributed by atoms with van der Waals surface area (Å²) >= 11 is 0. The van der Waals surface area contributed by atoms with Crippen molar-refractivity contribution in [3.63, 3.8) is 0 Å². The molecule has 0 saturated heterocycles. The average molecular weight is 430 g/mol. The number of nitrogens with zero attached hydrogens (tertiary/aromatic N) is 3. The third kappa shape index (κ3) is 3.21. The molecule has 0 aliphatic rings. The topological polar surface area (TPSA) is 98.3 Å². The van der Waals surface area contributed by atoms with E-state index in [9.17, 15) is 5.11 Å². The summed E-state index contributed by atoms with van der Waals surface area (Å²) in [6.45, 7) is 0.518. The first-order valence-electron chi connectivity index (χ1n) is 10.2. The molecule has 0 radical (unpaired) electrons. The van der Waals surface area contributed by atoms with Gasteiger partial charge in [0, 0.05) is 36.4 Å². The molecule has 0 atom stereocenters. The molecule has 5 rings (SSSR count). The minimum absolute atomic E-state index is 0.0752. The fraction of sp³-hybridized carbons (Fsp3) is 0.167. The predicted molar refractivity (Wildman–Crippen MR) is 120 cm³/mol. The summed E-state index contributed by atoms with van der Waals surface area (Å²) in [5, 5.41) is 23.5. The summed E-state index contributed by atoms with van der Waals surface area (Å²) in [7, 11) is 3.29. The number of benzene rings is 2. The summed E-state index contributed by atoms with van der Waals surface area (Å²) in [4.78, 5) is 0. The fourth-order valence-electron chi connectivity index (χ4n) is 3.99. The number of fused-ring (bicyclic) bond motifs is 1. The van der Waals surface area contributed by atoms with Crippen molar-refractivity contribution in [2.75, 3.05) is 20.8 Å². The molecule has 0 spiro atoms. The minimum atomic E-state index is 0.0752. The van der Waals surface area contributed by atoms with Crippen molar-refractivity contribution in [2.24, 2.45) is 0 Å². The predicted octanol–water partition coefficient (Wildman–Crippen LogP) is 4.58. The largest absolute Gasteiger partial charge is 0.496 e. The van der Waals surface area contributed by atoms with Crippen LogP contribution >= 0.6 is 0 Å². The van der Waals surface area contributed by atoms with E-state index in [1.54, 1.807) is 20.3 Å². The summed E-state index contributed by atoms with van der Waals surface area (Å²) < 4.78 is 17.7. The number of hydrogen-bond acceptors (Lipinski definition) is 6. The van der Waals surface area contributed by atoms with Crippen molar-refractivity contribution in [1.82, 2.24) is 19.9 Å². The van der Waals surface area contributed by atoms with Gasteiger partial charge in [0.15, 0.2) is 0 Å². The Bertz CT molecular complexity index is 1350. The Labute approximate surface area is 184 Å². The molecule has 32 heavy (non-hydrogen) atoms. The molecular formula is C24H22N4O4. The number of para-hydroxylation sites is 1. The molecule has 0 amide bonds. The Morgan fingerprint density at radius 2 is 1.88 bits per heavy atom. The van der Waals surface area contributed by atoms with Gasteiger partial charge in [0.2, 0.25) is 5.88 Å². The monoisotopic (exact) mass is 430 g/mol. The molecule has 5 aromatic rings. The first-order valence-corrected chi connectivity index (χ1v) is 10.2. The zero-order valence-corrected chi connectivity index (χ0v) is 17.7. The van der Waals surface area contributed by atoms with Gasteiger partial charge < -0.3 is 19.1 Å². The Morgan fingerprint density at radius 3 is 2.59 bits per heavy atom. The maximum atomic E-state index is 11.2. The van der Waals surface area contributed by atoms with Crippen LogP contribution in [-0.2, 0) is 11.2 Å². The van der Waals surface area contributed by atoms with Crippen molar-refractivity contribution < 1.29 is 19.1 Å². The molecule has 162 valence electrons. The second kappa shape index (κ2) is 8.24. The number of aromatic hydroxyl groups is 1. The number of ether oxygens (including phenoxy) is 2. The first-order chi connectivity index (χ1) is 15.7. The minimum Gasteiger partial charge on any atom is -0.496 e. The smallest absolute Gasteiger partial charge is 0.222 e. The maximum Gasteiger partial charge on any atom is 0.222 e. The Kier molecular flexibility index (Phi) is 5.12. The van der Waals surface area contributed by atoms with Gasteiger partial charge >= 0.3 is 0 Å². The van der Waals surface area contributed by atoms with Gasteiger partial charge in [0.25, 0.3) is 0 Å². The van der Waals surface area contributed by atoms with Gasteiger partial charge in [-0.15, -0.1) is 0 Å². The fourth-order valence-corrected chi connectivity index (χ4v) is 3.99. The maximum absolute atomic E-state index is 11.2. The van der Waals surface area contributed by atoms with Gasteiger partial charge in [0.05, 0.1) is 30.5 Å². The van der Waals surface area contributed by atoms with E-state index >= 15 is 0 Å². The lowest BCUT2D eigenvalue weighted by atomic mass is 10.1. The van der Waals surface area contributed by atoms with Gasteiger partial charge in [-0.25, -0.2) is 0 Å². The van der Waals surface area contributed by atoms with E-state index in [1.807, 2.05) is 53.1 Å². The van der Waals surface area contributed by atoms with Gasteiger partial charge in [-0.1, -0.05) is 29.4 Å². The molecule has 8 nitrogen and oxygen atoms in total. The van der Waals surface area contributed by atoms with E-state index in [-0.39, 0.29) is 5.88 Å². The zero-order chi connectivity index (χ0) is 22.1. The number of hydrogen-bond donors (Lipinski definition) is 2. The normalized spacial score (nSPS) is 11.3. The van der Waals surface area contributed by atoms with Gasteiger partial charge in [-0.3, -0.25) is 9.67 Å². The van der Waals surface area contributed by atoms with Crippen LogP contribution in [0.2, 0.25) is 0 Å². The highest BCUT2D eigenvalue weighted by Crippen LogP contribution is 2.44. The van der Waals surface area contributed by atoms with E-state index in [0.29, 0.717) is 24.3 Å². The number of aromatic amines is 1. The highest BCUT2D eigenvalue weighted by Gasteiger charge is 2.26. The van der Waals surface area contributed by atoms with Crippen molar-refractivity contribution in [1.29, 1.82) is 0 Å². The molecule has 0 aliphatic carbocycles. The van der Waals surface area contributed by atoms with E-state index in [0.717, 1.165) is 39.3 Å². The molecule has 0 saturated carbocycles. The van der Waals surface area contributed by atoms with E-state index in [2.05, 4.69) is 15.4 Å². The van der Waals surface area contributed by atoms with Gasteiger partial charge in [-0.05, 0) is 24.3 Å². The van der Waals surface area contributed by atoms with Crippen LogP contribution < -0.4 is 4.74 Å². The van der Waals surface area contributed by atoms with Crippen LogP contribution in [0.1, 0.15) is 5.69 Å². The lowest BCUT2D eigenvalue weighted by molar-refractivity contribution is 0.201. The molecule has 2 aromatic carbocycles. The lowest BCUT2D eigenvalue weighted by Gasteiger charge is -2.14. The second-order valence-corrected chi connectivity index (χ2v) is 7.30. The summed E-state index contributed by atoms with van der Waals surface area (Å²) in [6, 6.07) is 17.3. The molecule has 0 unspecified atom stereocenters. The van der Waals surface area contributed by atoms with Crippen molar-refractivity contribution >= 4 is 10.9 Å². The van der Waals surface area contributed by atoms with Crippen LogP contribution in [0.25, 0.3) is 39.1 Å². The van der Waals surface area contributed by atoms with Gasteiger partial charge in [-0.2, -0.15) is 5.10 Å². The number of H-pyrrole nitrogens is 1. The molecule has 3 aromatic heterocycles. The Hall–Kier alpha value is -4.04. The third-order valence-corrected chi connectivity index (χ3v) is 5.50. The Morgan fingerprint density at radius 1 is 1.06 bits per heavy atom. The third-order valence-electron chi connectivity index (χ3n) is 5.50. The molecule has 0 bridgehead atoms. The summed E-state index contributed by atoms with van der Waals surface area (Å²) in [5.74, 6) is 0.775. The number of rotatable bonds is 7. The molecular weight excluding hydrogens is 408 g/mol. The van der Waals surface area contributed by atoms with Crippen LogP contribution in [0.15, 0.2) is 65.4 Å². The molecule has 8 heteroatoms. The molecule has 3 heterocycles. The lowest BCUT2D eigenvalue weighted by Crippen LogP contribution is -2.01. The van der Waals surface area contributed by atoms with Crippen LogP contribution in [0.3, 0.4) is 0 Å². The molecule has 0 fully saturated rings. The second-order valence-electron chi connectivity index (χ2n) is 7.30. The molecule has 2 N–H and O–H groups in total. The summed E-state index contributed by atoms with van der Waals surface area (Å²) in [5.41, 5.74) is 5.48. The van der Waals surface area contributed by atoms with Crippen LogP contribution in [0, 0.1) is 0 Å². The quantitative estimate of drug-likeness (QED) is 0.392.